The Balaban J connectivity index is 1.52. The summed E-state index contributed by atoms with van der Waals surface area (Å²) in [5.41, 5.74) is 1.68. The predicted octanol–water partition coefficient (Wildman–Crippen LogP) is 3.15. The number of rotatable bonds is 5. The molecule has 2 aliphatic heterocycles. The van der Waals surface area contributed by atoms with Crippen LogP contribution in [-0.2, 0) is 0 Å². The second-order valence-corrected chi connectivity index (χ2v) is 8.28. The number of aryl methyl sites for hydroxylation is 1. The van der Waals surface area contributed by atoms with Gasteiger partial charge in [-0.05, 0) is 50.8 Å². The van der Waals surface area contributed by atoms with Crippen molar-refractivity contribution in [3.05, 3.63) is 28.8 Å². The number of fused-ring (bicyclic) bond motifs is 2. The minimum absolute atomic E-state index is 0.0111. The van der Waals surface area contributed by atoms with Gasteiger partial charge in [0, 0.05) is 23.7 Å². The van der Waals surface area contributed by atoms with Gasteiger partial charge in [0.15, 0.2) is 11.5 Å². The molecule has 0 saturated carbocycles. The van der Waals surface area contributed by atoms with E-state index in [-0.39, 0.29) is 11.9 Å². The number of hydrogen-bond donors (Lipinski definition) is 2. The zero-order chi connectivity index (χ0) is 19.0. The van der Waals surface area contributed by atoms with Gasteiger partial charge >= 0.3 is 0 Å². The van der Waals surface area contributed by atoms with Gasteiger partial charge in [0.2, 0.25) is 0 Å². The molecular formula is C20H25N3O3S. The summed E-state index contributed by atoms with van der Waals surface area (Å²) in [5.74, 6) is 1.31. The summed E-state index contributed by atoms with van der Waals surface area (Å²) >= 11 is 1.42. The Bertz CT molecular complexity index is 839. The third-order valence-electron chi connectivity index (χ3n) is 5.44. The van der Waals surface area contributed by atoms with Crippen molar-refractivity contribution in [1.29, 1.82) is 0 Å². The Morgan fingerprint density at radius 2 is 1.89 bits per heavy atom. The largest absolute Gasteiger partial charge is 0.493 e. The number of carbonyl (C=O) groups excluding carboxylic acids is 1. The second kappa shape index (κ2) is 7.48. The first kappa shape index (κ1) is 18.3. The van der Waals surface area contributed by atoms with E-state index in [2.05, 4.69) is 15.6 Å². The summed E-state index contributed by atoms with van der Waals surface area (Å²) in [4.78, 5) is 18.1. The summed E-state index contributed by atoms with van der Waals surface area (Å²) in [6, 6.07) is 7.05. The summed E-state index contributed by atoms with van der Waals surface area (Å²) in [6.45, 7) is 1.89. The molecular weight excluding hydrogens is 362 g/mol. The van der Waals surface area contributed by atoms with Gasteiger partial charge in [-0.2, -0.15) is 0 Å². The number of ether oxygens (including phenoxy) is 2. The highest BCUT2D eigenvalue weighted by molar-refractivity contribution is 7.17. The lowest BCUT2D eigenvalue weighted by atomic mass is 10.00. The van der Waals surface area contributed by atoms with Crippen molar-refractivity contribution in [2.45, 2.75) is 50.7 Å². The molecule has 6 nitrogen and oxygen atoms in total. The number of nitrogens with zero attached hydrogens (tertiary/aromatic N) is 1. The molecule has 2 N–H and O–H groups in total. The minimum atomic E-state index is -0.0111. The Morgan fingerprint density at radius 1 is 1.19 bits per heavy atom. The van der Waals surface area contributed by atoms with Crippen molar-refractivity contribution in [3.63, 3.8) is 0 Å². The number of methoxy groups -OCH3 is 2. The standard InChI is InChI=1S/C20H25N3O3S/c1-11-18(19(24)23-15-9-13-5-6-14(10-15)22-13)27-20(21-11)12-4-7-16(25-2)17(8-12)26-3/h4,7-8,13-15,22H,5-6,9-10H2,1-3H3,(H,23,24). The van der Waals surface area contributed by atoms with Crippen LogP contribution >= 0.6 is 11.3 Å². The molecule has 1 aromatic heterocycles. The molecule has 2 saturated heterocycles. The van der Waals surface area contributed by atoms with E-state index < -0.39 is 0 Å². The van der Waals surface area contributed by atoms with E-state index in [4.69, 9.17) is 9.47 Å². The maximum Gasteiger partial charge on any atom is 0.263 e. The first-order valence-electron chi connectivity index (χ1n) is 9.34. The van der Waals surface area contributed by atoms with Gasteiger partial charge in [0.05, 0.1) is 19.9 Å². The highest BCUT2D eigenvalue weighted by atomic mass is 32.1. The average Bonchev–Trinajstić information content (AvgIpc) is 3.23. The molecule has 2 atom stereocenters. The van der Waals surface area contributed by atoms with Gasteiger partial charge in [-0.1, -0.05) is 0 Å². The van der Waals surface area contributed by atoms with Crippen LogP contribution in [0.15, 0.2) is 18.2 Å². The number of piperidine rings is 1. The SMILES string of the molecule is COc1ccc(-c2nc(C)c(C(=O)NC3CC4CCC(C3)N4)s2)cc1OC. The Kier molecular flexibility index (Phi) is 5.06. The molecule has 2 fully saturated rings. The molecule has 2 aromatic rings. The lowest BCUT2D eigenvalue weighted by Crippen LogP contribution is -2.48. The number of benzene rings is 1. The van der Waals surface area contributed by atoms with E-state index in [9.17, 15) is 4.79 Å². The average molecular weight is 388 g/mol. The highest BCUT2D eigenvalue weighted by Gasteiger charge is 2.34. The van der Waals surface area contributed by atoms with E-state index in [0.29, 0.717) is 28.5 Å². The van der Waals surface area contributed by atoms with Crippen LogP contribution in [0.4, 0.5) is 0 Å². The van der Waals surface area contributed by atoms with Gasteiger partial charge in [-0.3, -0.25) is 4.79 Å². The van der Waals surface area contributed by atoms with Crippen LogP contribution in [0.25, 0.3) is 10.6 Å². The van der Waals surface area contributed by atoms with E-state index >= 15 is 0 Å². The molecule has 3 heterocycles. The van der Waals surface area contributed by atoms with Crippen LogP contribution in [0.5, 0.6) is 11.5 Å². The molecule has 2 aliphatic rings. The molecule has 1 amide bonds. The zero-order valence-electron chi connectivity index (χ0n) is 15.9. The van der Waals surface area contributed by atoms with Gasteiger partial charge < -0.3 is 20.1 Å². The van der Waals surface area contributed by atoms with E-state index in [1.165, 1.54) is 24.2 Å². The third-order valence-corrected chi connectivity index (χ3v) is 6.65. The fourth-order valence-electron chi connectivity index (χ4n) is 4.13. The van der Waals surface area contributed by atoms with Crippen LogP contribution in [-0.4, -0.2) is 43.2 Å². The Labute approximate surface area is 163 Å². The first-order chi connectivity index (χ1) is 13.1. The van der Waals surface area contributed by atoms with Crippen molar-refractivity contribution in [1.82, 2.24) is 15.6 Å². The molecule has 0 spiro atoms. The third kappa shape index (κ3) is 3.66. The zero-order valence-corrected chi connectivity index (χ0v) is 16.7. The monoisotopic (exact) mass is 387 g/mol. The topological polar surface area (TPSA) is 72.5 Å². The van der Waals surface area contributed by atoms with Crippen LogP contribution in [0, 0.1) is 6.92 Å². The van der Waals surface area contributed by atoms with Crippen LogP contribution < -0.4 is 20.1 Å². The molecule has 0 aliphatic carbocycles. The molecule has 1 aromatic carbocycles. The van der Waals surface area contributed by atoms with E-state index in [1.54, 1.807) is 14.2 Å². The summed E-state index contributed by atoms with van der Waals surface area (Å²) in [5, 5.41) is 7.65. The maximum atomic E-state index is 12.8. The molecule has 2 bridgehead atoms. The van der Waals surface area contributed by atoms with Crippen molar-refractivity contribution >= 4 is 17.2 Å². The number of carbonyl (C=O) groups is 1. The molecule has 0 radical (unpaired) electrons. The summed E-state index contributed by atoms with van der Waals surface area (Å²) < 4.78 is 10.7. The van der Waals surface area contributed by atoms with Gasteiger partial charge in [-0.15, -0.1) is 11.3 Å². The van der Waals surface area contributed by atoms with Gasteiger partial charge in [0.25, 0.3) is 5.91 Å². The van der Waals surface area contributed by atoms with E-state index in [1.807, 2.05) is 25.1 Å². The summed E-state index contributed by atoms with van der Waals surface area (Å²) in [7, 11) is 3.22. The minimum Gasteiger partial charge on any atom is -0.493 e. The fourth-order valence-corrected chi connectivity index (χ4v) is 5.09. The number of nitrogens with one attached hydrogen (secondary N) is 2. The quantitative estimate of drug-likeness (QED) is 0.825. The van der Waals surface area contributed by atoms with Crippen LogP contribution in [0.1, 0.15) is 41.0 Å². The predicted molar refractivity (Wildman–Crippen MR) is 106 cm³/mol. The fraction of sp³-hybridized carbons (Fsp3) is 0.500. The van der Waals surface area contributed by atoms with Gasteiger partial charge in [-0.25, -0.2) is 4.98 Å². The Morgan fingerprint density at radius 3 is 2.56 bits per heavy atom. The molecule has 27 heavy (non-hydrogen) atoms. The van der Waals surface area contributed by atoms with Crippen molar-refractivity contribution < 1.29 is 14.3 Å². The van der Waals surface area contributed by atoms with E-state index in [0.717, 1.165) is 29.1 Å². The van der Waals surface area contributed by atoms with Crippen molar-refractivity contribution in [2.24, 2.45) is 0 Å². The number of thiazole rings is 1. The normalized spacial score (nSPS) is 23.9. The smallest absolute Gasteiger partial charge is 0.263 e. The maximum absolute atomic E-state index is 12.8. The summed E-state index contributed by atoms with van der Waals surface area (Å²) in [6.07, 6.45) is 4.48. The molecule has 4 rings (SSSR count). The molecule has 2 unspecified atom stereocenters. The van der Waals surface area contributed by atoms with Crippen LogP contribution in [0.3, 0.4) is 0 Å². The highest BCUT2D eigenvalue weighted by Crippen LogP contribution is 2.35. The Hall–Kier alpha value is -2.12. The van der Waals surface area contributed by atoms with Gasteiger partial charge in [0.1, 0.15) is 9.88 Å². The van der Waals surface area contributed by atoms with Crippen molar-refractivity contribution in [3.8, 4) is 22.1 Å². The second-order valence-electron chi connectivity index (χ2n) is 7.28. The van der Waals surface area contributed by atoms with Crippen LogP contribution in [0.2, 0.25) is 0 Å². The lowest BCUT2D eigenvalue weighted by Gasteiger charge is -2.29. The van der Waals surface area contributed by atoms with Crippen molar-refractivity contribution in [2.75, 3.05) is 14.2 Å². The lowest BCUT2D eigenvalue weighted by molar-refractivity contribution is 0.0927. The molecule has 144 valence electrons. The first-order valence-corrected chi connectivity index (χ1v) is 10.2. The molecule has 7 heteroatoms. The number of amides is 1. The number of aromatic nitrogens is 1. The number of hydrogen-bond acceptors (Lipinski definition) is 6.